The van der Waals surface area contributed by atoms with E-state index in [9.17, 15) is 9.59 Å². The molecule has 1 heterocycles. The normalized spacial score (nSPS) is 14.8. The van der Waals surface area contributed by atoms with E-state index in [1.807, 2.05) is 18.2 Å². The molecule has 4 rings (SSSR count). The Morgan fingerprint density at radius 2 is 1.85 bits per heavy atom. The van der Waals surface area contributed by atoms with Crippen molar-refractivity contribution in [2.45, 2.75) is 6.61 Å². The Morgan fingerprint density at radius 3 is 2.58 bits per heavy atom. The molecule has 33 heavy (non-hydrogen) atoms. The molecule has 0 saturated carbocycles. The second-order valence-electron chi connectivity index (χ2n) is 6.91. The molecule has 0 atom stereocenters. The van der Waals surface area contributed by atoms with Gasteiger partial charge in [-0.15, -0.1) is 0 Å². The molecule has 0 spiro atoms. The Hall–Kier alpha value is -2.45. The van der Waals surface area contributed by atoms with Gasteiger partial charge in [0.15, 0.2) is 11.5 Å². The number of carbonyl (C=O) groups is 2. The molecule has 0 bridgehead atoms. The molecule has 9 heteroatoms. The number of carbonyl (C=O) groups excluding carboxylic acids is 2. The summed E-state index contributed by atoms with van der Waals surface area (Å²) in [5.41, 5.74) is 1.93. The minimum atomic E-state index is -0.415. The van der Waals surface area contributed by atoms with Crippen LogP contribution in [0.25, 0.3) is 6.08 Å². The Bertz CT molecular complexity index is 1280. The van der Waals surface area contributed by atoms with Gasteiger partial charge in [-0.3, -0.25) is 9.59 Å². The van der Waals surface area contributed by atoms with E-state index in [0.29, 0.717) is 42.2 Å². The van der Waals surface area contributed by atoms with Gasteiger partial charge in [0, 0.05) is 15.6 Å². The molecule has 0 N–H and O–H groups in total. The zero-order valence-electron chi connectivity index (χ0n) is 17.2. The van der Waals surface area contributed by atoms with E-state index in [2.05, 4.69) is 15.9 Å². The van der Waals surface area contributed by atoms with Crippen molar-refractivity contribution in [1.82, 2.24) is 0 Å². The lowest BCUT2D eigenvalue weighted by molar-refractivity contribution is -0.113. The predicted molar refractivity (Wildman–Crippen MR) is 136 cm³/mol. The molecule has 168 valence electrons. The van der Waals surface area contributed by atoms with Crippen LogP contribution in [0.3, 0.4) is 0 Å². The zero-order valence-corrected chi connectivity index (χ0v) is 21.1. The number of ether oxygens (including phenoxy) is 2. The maximum atomic E-state index is 12.9. The molecule has 1 aliphatic heterocycles. The van der Waals surface area contributed by atoms with Crippen LogP contribution in [0.1, 0.15) is 11.1 Å². The molecular weight excluding hydrogens is 549 g/mol. The van der Waals surface area contributed by atoms with Crippen LogP contribution in [-0.2, 0) is 11.4 Å². The molecule has 0 aromatic heterocycles. The third kappa shape index (κ3) is 5.22. The van der Waals surface area contributed by atoms with Crippen LogP contribution in [0.15, 0.2) is 70.0 Å². The molecule has 1 aliphatic rings. The van der Waals surface area contributed by atoms with E-state index < -0.39 is 5.91 Å². The van der Waals surface area contributed by atoms with Crippen molar-refractivity contribution in [3.05, 3.63) is 91.2 Å². The van der Waals surface area contributed by atoms with Crippen LogP contribution < -0.4 is 14.4 Å². The number of anilines is 1. The SMILES string of the molecule is COc1cc(/C=C2\SC(=O)N(c3cccc(Cl)c3)C2=O)cc(Br)c1OCc1ccccc1Cl. The summed E-state index contributed by atoms with van der Waals surface area (Å²) in [7, 11) is 1.53. The molecule has 0 aliphatic carbocycles. The van der Waals surface area contributed by atoms with Gasteiger partial charge in [-0.05, 0) is 75.7 Å². The van der Waals surface area contributed by atoms with Gasteiger partial charge in [0.05, 0.1) is 22.2 Å². The number of hydrogen-bond acceptors (Lipinski definition) is 5. The van der Waals surface area contributed by atoms with E-state index in [1.165, 1.54) is 7.11 Å². The standard InChI is InChI=1S/C24H16BrCl2NO4S/c1-31-20-10-14(9-18(25)22(20)32-13-15-5-2-3-8-19(15)27)11-21-23(29)28(24(30)33-21)17-7-4-6-16(26)12-17/h2-12H,13H2,1H3/b21-11-. The number of methoxy groups -OCH3 is 1. The van der Waals surface area contributed by atoms with Gasteiger partial charge in [-0.2, -0.15) is 0 Å². The van der Waals surface area contributed by atoms with Gasteiger partial charge < -0.3 is 9.47 Å². The van der Waals surface area contributed by atoms with Crippen molar-refractivity contribution in [1.29, 1.82) is 0 Å². The van der Waals surface area contributed by atoms with Crippen LogP contribution in [0, 0.1) is 0 Å². The van der Waals surface area contributed by atoms with Crippen molar-refractivity contribution in [2.75, 3.05) is 12.0 Å². The minimum absolute atomic E-state index is 0.256. The molecule has 2 amide bonds. The third-order valence-electron chi connectivity index (χ3n) is 4.74. The van der Waals surface area contributed by atoms with E-state index in [1.54, 1.807) is 48.5 Å². The van der Waals surface area contributed by atoms with Crippen LogP contribution in [0.2, 0.25) is 10.0 Å². The first-order valence-corrected chi connectivity index (χ1v) is 12.0. The first-order chi connectivity index (χ1) is 15.9. The lowest BCUT2D eigenvalue weighted by Gasteiger charge is -2.14. The lowest BCUT2D eigenvalue weighted by atomic mass is 10.1. The largest absolute Gasteiger partial charge is 0.493 e. The molecule has 0 radical (unpaired) electrons. The highest BCUT2D eigenvalue weighted by atomic mass is 79.9. The van der Waals surface area contributed by atoms with Crippen molar-refractivity contribution < 1.29 is 19.1 Å². The summed E-state index contributed by atoms with van der Waals surface area (Å²) in [4.78, 5) is 26.8. The summed E-state index contributed by atoms with van der Waals surface area (Å²) in [5.74, 6) is 0.555. The second-order valence-corrected chi connectivity index (χ2v) is 9.60. The highest BCUT2D eigenvalue weighted by molar-refractivity contribution is 9.10. The summed E-state index contributed by atoms with van der Waals surface area (Å²) in [6.07, 6.45) is 1.64. The second kappa shape index (κ2) is 10.2. The minimum Gasteiger partial charge on any atom is -0.493 e. The summed E-state index contributed by atoms with van der Waals surface area (Å²) < 4.78 is 12.1. The van der Waals surface area contributed by atoms with E-state index in [0.717, 1.165) is 22.2 Å². The summed E-state index contributed by atoms with van der Waals surface area (Å²) in [5, 5.41) is 0.662. The van der Waals surface area contributed by atoms with Crippen LogP contribution in [0.4, 0.5) is 10.5 Å². The Balaban J connectivity index is 1.59. The van der Waals surface area contributed by atoms with Crippen molar-refractivity contribution in [2.24, 2.45) is 0 Å². The Morgan fingerprint density at radius 1 is 1.06 bits per heavy atom. The quantitative estimate of drug-likeness (QED) is 0.289. The number of nitrogens with zero attached hydrogens (tertiary/aromatic N) is 1. The fraction of sp³-hybridized carbons (Fsp3) is 0.0833. The number of imide groups is 1. The molecule has 3 aromatic carbocycles. The topological polar surface area (TPSA) is 55.8 Å². The number of thioether (sulfide) groups is 1. The van der Waals surface area contributed by atoms with Crippen LogP contribution >= 0.6 is 50.9 Å². The smallest absolute Gasteiger partial charge is 0.298 e. The van der Waals surface area contributed by atoms with Crippen LogP contribution in [-0.4, -0.2) is 18.3 Å². The first kappa shape index (κ1) is 23.7. The average Bonchev–Trinajstić information content (AvgIpc) is 3.06. The van der Waals surface area contributed by atoms with Crippen molar-refractivity contribution >= 4 is 73.8 Å². The maximum absolute atomic E-state index is 12.9. The third-order valence-corrected chi connectivity index (χ3v) is 6.80. The van der Waals surface area contributed by atoms with E-state index >= 15 is 0 Å². The molecule has 1 fully saturated rings. The lowest BCUT2D eigenvalue weighted by Crippen LogP contribution is -2.27. The number of benzene rings is 3. The van der Waals surface area contributed by atoms with Gasteiger partial charge in [0.2, 0.25) is 0 Å². The van der Waals surface area contributed by atoms with Crippen molar-refractivity contribution in [3.8, 4) is 11.5 Å². The predicted octanol–water partition coefficient (Wildman–Crippen LogP) is 7.58. The van der Waals surface area contributed by atoms with E-state index in [4.69, 9.17) is 32.7 Å². The van der Waals surface area contributed by atoms with Gasteiger partial charge >= 0.3 is 0 Å². The van der Waals surface area contributed by atoms with Gasteiger partial charge in [-0.1, -0.05) is 47.5 Å². The Labute approximate surface area is 213 Å². The van der Waals surface area contributed by atoms with Gasteiger partial charge in [0.25, 0.3) is 11.1 Å². The fourth-order valence-electron chi connectivity index (χ4n) is 3.19. The number of amides is 2. The van der Waals surface area contributed by atoms with Crippen molar-refractivity contribution in [3.63, 3.8) is 0 Å². The molecule has 3 aromatic rings. The highest BCUT2D eigenvalue weighted by Crippen LogP contribution is 2.40. The van der Waals surface area contributed by atoms with Crippen LogP contribution in [0.5, 0.6) is 11.5 Å². The molecule has 0 unspecified atom stereocenters. The fourth-order valence-corrected chi connectivity index (χ4v) is 4.98. The maximum Gasteiger partial charge on any atom is 0.298 e. The number of hydrogen-bond donors (Lipinski definition) is 0. The average molecular weight is 565 g/mol. The van der Waals surface area contributed by atoms with E-state index in [-0.39, 0.29) is 11.8 Å². The molecular formula is C24H16BrCl2NO4S. The highest BCUT2D eigenvalue weighted by Gasteiger charge is 2.36. The Kier molecular flexibility index (Phi) is 7.34. The van der Waals surface area contributed by atoms with Gasteiger partial charge in [0.1, 0.15) is 6.61 Å². The summed E-state index contributed by atoms with van der Waals surface area (Å²) in [6.45, 7) is 0.256. The zero-order chi connectivity index (χ0) is 23.5. The number of halogens is 3. The van der Waals surface area contributed by atoms with Gasteiger partial charge in [-0.25, -0.2) is 4.90 Å². The molecule has 1 saturated heterocycles. The monoisotopic (exact) mass is 563 g/mol. The summed E-state index contributed by atoms with van der Waals surface area (Å²) in [6, 6.07) is 17.5. The molecule has 5 nitrogen and oxygen atoms in total. The summed E-state index contributed by atoms with van der Waals surface area (Å²) >= 11 is 16.6. The first-order valence-electron chi connectivity index (χ1n) is 9.64. The number of rotatable bonds is 6.